The Labute approximate surface area is 207 Å². The van der Waals surface area contributed by atoms with Gasteiger partial charge in [0.25, 0.3) is 11.5 Å². The Bertz CT molecular complexity index is 1310. The molecule has 2 aromatic heterocycles. The van der Waals surface area contributed by atoms with Crippen molar-refractivity contribution in [3.8, 4) is 11.5 Å². The molecule has 186 valence electrons. The predicted molar refractivity (Wildman–Crippen MR) is 132 cm³/mol. The van der Waals surface area contributed by atoms with Gasteiger partial charge in [-0.15, -0.1) is 11.3 Å². The second-order valence-corrected chi connectivity index (χ2v) is 9.49. The molecule has 0 fully saturated rings. The fraction of sp³-hybridized carbons (Fsp3) is 0.440. The monoisotopic (exact) mass is 499 g/mol. The first-order chi connectivity index (χ1) is 16.9. The number of nitrogens with zero attached hydrogens (tertiary/aromatic N) is 3. The molecule has 0 aliphatic carbocycles. The van der Waals surface area contributed by atoms with E-state index in [1.165, 1.54) is 23.3 Å². The van der Waals surface area contributed by atoms with Crippen molar-refractivity contribution in [2.24, 2.45) is 0 Å². The van der Waals surface area contributed by atoms with Crippen molar-refractivity contribution in [2.45, 2.75) is 45.7 Å². The first-order valence-electron chi connectivity index (χ1n) is 11.5. The van der Waals surface area contributed by atoms with Gasteiger partial charge in [0.15, 0.2) is 0 Å². The molecule has 35 heavy (non-hydrogen) atoms. The standard InChI is InChI=1S/C25H29N3O6S/c1-15-21-23(26-19-8-6-5-7-9-28(19)24(21)30)35-22(15)25(31)27(14-20(29)34-4)13-16-10-17(32-2)12-18(11-16)33-3/h10-12H,5-9,13-14H2,1-4H3. The van der Waals surface area contributed by atoms with Gasteiger partial charge in [-0.1, -0.05) is 6.42 Å². The van der Waals surface area contributed by atoms with Crippen LogP contribution in [0.5, 0.6) is 11.5 Å². The summed E-state index contributed by atoms with van der Waals surface area (Å²) in [6, 6.07) is 5.29. The Hall–Kier alpha value is -3.40. The van der Waals surface area contributed by atoms with Gasteiger partial charge in [0.05, 0.1) is 31.6 Å². The van der Waals surface area contributed by atoms with Crippen LogP contribution in [0, 0.1) is 6.92 Å². The van der Waals surface area contributed by atoms with E-state index in [-0.39, 0.29) is 24.6 Å². The lowest BCUT2D eigenvalue weighted by Crippen LogP contribution is -2.35. The molecule has 0 saturated heterocycles. The molecular weight excluding hydrogens is 470 g/mol. The number of thiophene rings is 1. The van der Waals surface area contributed by atoms with Gasteiger partial charge in [0.2, 0.25) is 0 Å². The average molecular weight is 500 g/mol. The number of benzene rings is 1. The normalized spacial score (nSPS) is 13.1. The lowest BCUT2D eigenvalue weighted by molar-refractivity contribution is -0.141. The van der Waals surface area contributed by atoms with E-state index in [1.54, 1.807) is 43.9 Å². The third-order valence-corrected chi connectivity index (χ3v) is 7.40. The van der Waals surface area contributed by atoms with Gasteiger partial charge in [-0.25, -0.2) is 4.98 Å². The van der Waals surface area contributed by atoms with Gasteiger partial charge in [0.1, 0.15) is 28.7 Å². The minimum absolute atomic E-state index is 0.100. The minimum Gasteiger partial charge on any atom is -0.497 e. The summed E-state index contributed by atoms with van der Waals surface area (Å²) < 4.78 is 17.3. The summed E-state index contributed by atoms with van der Waals surface area (Å²) in [6.07, 6.45) is 3.74. The molecule has 10 heteroatoms. The lowest BCUT2D eigenvalue weighted by atomic mass is 10.1. The minimum atomic E-state index is -0.545. The summed E-state index contributed by atoms with van der Waals surface area (Å²) in [5, 5.41) is 0.477. The molecule has 0 N–H and O–H groups in total. The molecule has 0 radical (unpaired) electrons. The van der Waals surface area contributed by atoms with Crippen LogP contribution in [0.25, 0.3) is 10.2 Å². The first-order valence-corrected chi connectivity index (χ1v) is 12.3. The van der Waals surface area contributed by atoms with Gasteiger partial charge < -0.3 is 19.1 Å². The number of carbonyl (C=O) groups excluding carboxylic acids is 2. The zero-order valence-electron chi connectivity index (χ0n) is 20.4. The molecule has 3 heterocycles. The highest BCUT2D eigenvalue weighted by atomic mass is 32.1. The molecule has 1 aliphatic heterocycles. The van der Waals surface area contributed by atoms with Crippen LogP contribution in [0.3, 0.4) is 0 Å². The third kappa shape index (κ3) is 5.02. The fourth-order valence-electron chi connectivity index (χ4n) is 4.36. The lowest BCUT2D eigenvalue weighted by Gasteiger charge is -2.22. The highest BCUT2D eigenvalue weighted by molar-refractivity contribution is 7.20. The zero-order valence-corrected chi connectivity index (χ0v) is 21.2. The van der Waals surface area contributed by atoms with E-state index in [0.717, 1.165) is 37.1 Å². The maximum Gasteiger partial charge on any atom is 0.325 e. The Kier molecular flexibility index (Phi) is 7.39. The Morgan fingerprint density at radius 2 is 1.80 bits per heavy atom. The zero-order chi connectivity index (χ0) is 25.1. The topological polar surface area (TPSA) is 100.0 Å². The Morgan fingerprint density at radius 1 is 1.09 bits per heavy atom. The van der Waals surface area contributed by atoms with Crippen LogP contribution in [0.1, 0.15) is 45.9 Å². The molecule has 0 atom stereocenters. The third-order valence-electron chi connectivity index (χ3n) is 6.23. The van der Waals surface area contributed by atoms with Crippen molar-refractivity contribution in [1.82, 2.24) is 14.5 Å². The number of carbonyl (C=O) groups is 2. The molecule has 1 aromatic carbocycles. The summed E-state index contributed by atoms with van der Waals surface area (Å²) in [6.45, 7) is 2.29. The highest BCUT2D eigenvalue weighted by Crippen LogP contribution is 2.30. The summed E-state index contributed by atoms with van der Waals surface area (Å²) in [5.41, 5.74) is 1.21. The predicted octanol–water partition coefficient (Wildman–Crippen LogP) is 3.33. The average Bonchev–Trinajstić information content (AvgIpc) is 3.02. The summed E-state index contributed by atoms with van der Waals surface area (Å²) in [5.74, 6) is 1.01. The van der Waals surface area contributed by atoms with Crippen LogP contribution >= 0.6 is 11.3 Å². The second kappa shape index (κ2) is 10.5. The molecule has 1 aliphatic rings. The summed E-state index contributed by atoms with van der Waals surface area (Å²) in [4.78, 5) is 46.3. The smallest absolute Gasteiger partial charge is 0.325 e. The number of methoxy groups -OCH3 is 3. The fourth-order valence-corrected chi connectivity index (χ4v) is 5.51. The van der Waals surface area contributed by atoms with E-state index >= 15 is 0 Å². The van der Waals surface area contributed by atoms with Crippen molar-refractivity contribution >= 4 is 33.4 Å². The van der Waals surface area contributed by atoms with E-state index in [9.17, 15) is 14.4 Å². The van der Waals surface area contributed by atoms with Gasteiger partial charge in [-0.2, -0.15) is 0 Å². The van der Waals surface area contributed by atoms with Gasteiger partial charge in [-0.3, -0.25) is 19.0 Å². The number of aryl methyl sites for hydroxylation is 2. The molecular formula is C25H29N3O6S. The van der Waals surface area contributed by atoms with Crippen LogP contribution in [0.4, 0.5) is 0 Å². The quantitative estimate of drug-likeness (QED) is 0.460. The number of esters is 1. The number of amides is 1. The Morgan fingerprint density at radius 3 is 2.46 bits per heavy atom. The number of hydrogen-bond donors (Lipinski definition) is 0. The number of aromatic nitrogens is 2. The maximum atomic E-state index is 13.7. The summed E-state index contributed by atoms with van der Waals surface area (Å²) in [7, 11) is 4.37. The molecule has 0 unspecified atom stereocenters. The second-order valence-electron chi connectivity index (χ2n) is 8.49. The SMILES string of the molecule is COC(=O)CN(Cc1cc(OC)cc(OC)c1)C(=O)c1sc2nc3n(c(=O)c2c1C)CCCCC3. The van der Waals surface area contributed by atoms with E-state index < -0.39 is 5.97 Å². The van der Waals surface area contributed by atoms with Crippen molar-refractivity contribution in [2.75, 3.05) is 27.9 Å². The highest BCUT2D eigenvalue weighted by Gasteiger charge is 2.27. The van der Waals surface area contributed by atoms with Crippen molar-refractivity contribution in [1.29, 1.82) is 0 Å². The van der Waals surface area contributed by atoms with Crippen LogP contribution < -0.4 is 15.0 Å². The van der Waals surface area contributed by atoms with E-state index in [4.69, 9.17) is 19.2 Å². The summed E-state index contributed by atoms with van der Waals surface area (Å²) >= 11 is 1.20. The molecule has 3 aromatic rings. The maximum absolute atomic E-state index is 13.7. The van der Waals surface area contributed by atoms with Gasteiger partial charge >= 0.3 is 5.97 Å². The van der Waals surface area contributed by atoms with Crippen molar-refractivity contribution in [3.63, 3.8) is 0 Å². The molecule has 0 saturated carbocycles. The molecule has 1 amide bonds. The van der Waals surface area contributed by atoms with E-state index in [1.807, 2.05) is 0 Å². The van der Waals surface area contributed by atoms with Gasteiger partial charge in [0, 0.05) is 25.6 Å². The first kappa shape index (κ1) is 24.7. The largest absolute Gasteiger partial charge is 0.497 e. The van der Waals surface area contributed by atoms with Crippen molar-refractivity contribution in [3.05, 3.63) is 50.4 Å². The molecule has 0 bridgehead atoms. The number of ether oxygens (including phenoxy) is 3. The van der Waals surface area contributed by atoms with Crippen LogP contribution in [-0.4, -0.2) is 54.2 Å². The van der Waals surface area contributed by atoms with Crippen molar-refractivity contribution < 1.29 is 23.8 Å². The Balaban J connectivity index is 1.75. The van der Waals surface area contributed by atoms with E-state index in [0.29, 0.717) is 38.7 Å². The molecule has 4 rings (SSSR count). The van der Waals surface area contributed by atoms with Gasteiger partial charge in [-0.05, 0) is 43.0 Å². The molecule has 0 spiro atoms. The van der Waals surface area contributed by atoms with Crippen LogP contribution in [-0.2, 0) is 29.0 Å². The molecule has 9 nitrogen and oxygen atoms in total. The number of hydrogen-bond acceptors (Lipinski definition) is 8. The van der Waals surface area contributed by atoms with Crippen LogP contribution in [0.2, 0.25) is 0 Å². The number of rotatable bonds is 7. The van der Waals surface area contributed by atoms with E-state index in [2.05, 4.69) is 0 Å². The van der Waals surface area contributed by atoms with Crippen LogP contribution in [0.15, 0.2) is 23.0 Å². The number of fused-ring (bicyclic) bond motifs is 2.